The summed E-state index contributed by atoms with van der Waals surface area (Å²) >= 11 is 6.25. The van der Waals surface area contributed by atoms with Crippen LogP contribution in [0.3, 0.4) is 0 Å². The normalized spacial score (nSPS) is 19.9. The molecule has 2 fully saturated rings. The lowest BCUT2D eigenvalue weighted by Gasteiger charge is -2.25. The van der Waals surface area contributed by atoms with E-state index in [1.165, 1.54) is 4.90 Å². The van der Waals surface area contributed by atoms with Gasteiger partial charge in [0.1, 0.15) is 0 Å². The molecular weight excluding hydrogens is 564 g/mol. The number of imide groups is 1. The highest BCUT2D eigenvalue weighted by atomic mass is 35.5. The summed E-state index contributed by atoms with van der Waals surface area (Å²) in [6.07, 6.45) is 2.44. The number of fused-ring (bicyclic) bond motifs is 2. The Bertz CT molecular complexity index is 1800. The van der Waals surface area contributed by atoms with Crippen LogP contribution in [0.25, 0.3) is 22.2 Å². The van der Waals surface area contributed by atoms with E-state index < -0.39 is 12.6 Å². The van der Waals surface area contributed by atoms with E-state index in [0.29, 0.717) is 44.4 Å². The van der Waals surface area contributed by atoms with Crippen molar-refractivity contribution in [2.45, 2.75) is 40.0 Å². The number of ketones is 1. The lowest BCUT2D eigenvalue weighted by molar-refractivity contribution is -0.122. The molecule has 6 rings (SSSR count). The van der Waals surface area contributed by atoms with E-state index in [2.05, 4.69) is 6.92 Å². The van der Waals surface area contributed by atoms with Crippen LogP contribution in [0.4, 0.5) is 5.69 Å². The number of esters is 1. The molecule has 3 aromatic carbocycles. The summed E-state index contributed by atoms with van der Waals surface area (Å²) in [6.45, 7) is 5.61. The number of nitrogens with zero attached hydrogens (tertiary/aromatic N) is 2. The molecule has 43 heavy (non-hydrogen) atoms. The van der Waals surface area contributed by atoms with Crippen molar-refractivity contribution in [1.29, 1.82) is 0 Å². The minimum atomic E-state index is -0.671. The molecule has 1 saturated heterocycles. The van der Waals surface area contributed by atoms with E-state index in [4.69, 9.17) is 21.3 Å². The number of aromatic nitrogens is 1. The molecule has 1 aliphatic carbocycles. The third-order valence-electron chi connectivity index (χ3n) is 8.76. The summed E-state index contributed by atoms with van der Waals surface area (Å²) < 4.78 is 5.48. The number of aryl methyl sites for hydroxylation is 2. The Kier molecular flexibility index (Phi) is 7.61. The van der Waals surface area contributed by atoms with Crippen LogP contribution in [0, 0.1) is 31.6 Å². The molecule has 0 bridgehead atoms. The van der Waals surface area contributed by atoms with Crippen molar-refractivity contribution in [1.82, 2.24) is 4.98 Å². The first kappa shape index (κ1) is 28.7. The van der Waals surface area contributed by atoms with Crippen LogP contribution in [0.15, 0.2) is 66.7 Å². The fourth-order valence-electron chi connectivity index (χ4n) is 6.15. The van der Waals surface area contributed by atoms with E-state index in [-0.39, 0.29) is 35.0 Å². The maximum absolute atomic E-state index is 13.3. The standard InChI is InChI=1S/C35H31ClN2O5/c1-19-4-12-26-28(14-19)34(41)38(33(26)40)25-10-7-22(8-11-25)31-17-29(27-16-24(36)9-13-30(27)37-31)35(42)43-18-32(39)23-6-5-20(2)21(3)15-23/h5-11,13,15-17,19,26,28H,4,12,14,18H2,1-3H3. The number of ether oxygens (including phenoxy) is 1. The second kappa shape index (κ2) is 11.4. The molecule has 3 unspecified atom stereocenters. The van der Waals surface area contributed by atoms with E-state index in [1.807, 2.05) is 19.9 Å². The number of hydrogen-bond acceptors (Lipinski definition) is 6. The second-order valence-electron chi connectivity index (χ2n) is 11.7. The Hall–Kier alpha value is -4.36. The summed E-state index contributed by atoms with van der Waals surface area (Å²) in [5, 5.41) is 0.933. The molecule has 2 heterocycles. The topological polar surface area (TPSA) is 93.6 Å². The summed E-state index contributed by atoms with van der Waals surface area (Å²) in [5.41, 5.74) is 4.99. The van der Waals surface area contributed by atoms with Crippen LogP contribution in [0.1, 0.15) is 58.0 Å². The fourth-order valence-corrected chi connectivity index (χ4v) is 6.32. The van der Waals surface area contributed by atoms with E-state index in [1.54, 1.807) is 60.7 Å². The molecule has 0 spiro atoms. The molecule has 0 radical (unpaired) electrons. The number of Topliss-reactive ketones (excluding diaryl/α,β-unsaturated/α-hetero) is 1. The quantitative estimate of drug-likeness (QED) is 0.134. The van der Waals surface area contributed by atoms with Gasteiger partial charge in [0.15, 0.2) is 12.4 Å². The first-order chi connectivity index (χ1) is 20.6. The van der Waals surface area contributed by atoms with Gasteiger partial charge < -0.3 is 4.74 Å². The van der Waals surface area contributed by atoms with Crippen LogP contribution in [-0.4, -0.2) is 35.2 Å². The molecule has 1 aromatic heterocycles. The summed E-state index contributed by atoms with van der Waals surface area (Å²) in [7, 11) is 0. The molecule has 4 aromatic rings. The van der Waals surface area contributed by atoms with Crippen molar-refractivity contribution in [3.05, 3.63) is 94.0 Å². The zero-order valence-corrected chi connectivity index (χ0v) is 25.0. The average Bonchev–Trinajstić information content (AvgIpc) is 3.25. The van der Waals surface area contributed by atoms with E-state index >= 15 is 0 Å². The SMILES string of the molecule is Cc1ccc(C(=O)COC(=O)c2cc(-c3ccc(N4C(=O)C5CCC(C)CC5C4=O)cc3)nc3ccc(Cl)cc23)cc1C. The number of carbonyl (C=O) groups is 4. The average molecular weight is 595 g/mol. The number of carbonyl (C=O) groups excluding carboxylic acids is 4. The van der Waals surface area contributed by atoms with Gasteiger partial charge in [0.2, 0.25) is 11.8 Å². The van der Waals surface area contributed by atoms with Gasteiger partial charge in [-0.3, -0.25) is 19.3 Å². The Morgan fingerprint density at radius 1 is 0.907 bits per heavy atom. The highest BCUT2D eigenvalue weighted by Gasteiger charge is 2.49. The Morgan fingerprint density at radius 2 is 1.65 bits per heavy atom. The van der Waals surface area contributed by atoms with Crippen LogP contribution in [0.5, 0.6) is 0 Å². The highest BCUT2D eigenvalue weighted by Crippen LogP contribution is 2.42. The van der Waals surface area contributed by atoms with Gasteiger partial charge in [-0.25, -0.2) is 9.78 Å². The van der Waals surface area contributed by atoms with Gasteiger partial charge in [-0.2, -0.15) is 0 Å². The van der Waals surface area contributed by atoms with Gasteiger partial charge in [0, 0.05) is 21.5 Å². The minimum absolute atomic E-state index is 0.129. The summed E-state index contributed by atoms with van der Waals surface area (Å²) in [6, 6.07) is 19.1. The molecule has 0 N–H and O–H groups in total. The van der Waals surface area contributed by atoms with E-state index in [0.717, 1.165) is 30.4 Å². The third-order valence-corrected chi connectivity index (χ3v) is 9.00. The largest absolute Gasteiger partial charge is 0.454 e. The molecule has 8 heteroatoms. The Morgan fingerprint density at radius 3 is 2.40 bits per heavy atom. The van der Waals surface area contributed by atoms with Crippen molar-refractivity contribution in [3.63, 3.8) is 0 Å². The predicted octanol–water partition coefficient (Wildman–Crippen LogP) is 7.14. The number of amides is 2. The van der Waals surface area contributed by atoms with Crippen molar-refractivity contribution < 1.29 is 23.9 Å². The minimum Gasteiger partial charge on any atom is -0.454 e. The zero-order valence-electron chi connectivity index (χ0n) is 24.2. The number of halogens is 1. The second-order valence-corrected chi connectivity index (χ2v) is 12.1. The van der Waals surface area contributed by atoms with Gasteiger partial charge in [0.25, 0.3) is 0 Å². The molecule has 2 aliphatic rings. The number of anilines is 1. The van der Waals surface area contributed by atoms with Crippen molar-refractivity contribution in [2.24, 2.45) is 17.8 Å². The van der Waals surface area contributed by atoms with Crippen LogP contribution in [0.2, 0.25) is 5.02 Å². The summed E-state index contributed by atoms with van der Waals surface area (Å²) in [5.74, 6) is -1.29. The van der Waals surface area contributed by atoms with E-state index in [9.17, 15) is 19.2 Å². The Balaban J connectivity index is 1.27. The summed E-state index contributed by atoms with van der Waals surface area (Å²) in [4.78, 5) is 58.5. The zero-order chi connectivity index (χ0) is 30.4. The first-order valence-corrected chi connectivity index (χ1v) is 14.8. The highest BCUT2D eigenvalue weighted by molar-refractivity contribution is 6.31. The molecule has 3 atom stereocenters. The van der Waals surface area contributed by atoms with Gasteiger partial charge >= 0.3 is 5.97 Å². The molecule has 2 amide bonds. The molecule has 1 saturated carbocycles. The maximum Gasteiger partial charge on any atom is 0.339 e. The van der Waals surface area contributed by atoms with Gasteiger partial charge in [-0.15, -0.1) is 0 Å². The van der Waals surface area contributed by atoms with Crippen LogP contribution >= 0.6 is 11.6 Å². The molecule has 218 valence electrons. The monoisotopic (exact) mass is 594 g/mol. The Labute approximate surface area is 254 Å². The molecule has 1 aliphatic heterocycles. The molecular formula is C35H31ClN2O5. The number of hydrogen-bond donors (Lipinski definition) is 0. The van der Waals surface area contributed by atoms with Crippen LogP contribution in [-0.2, 0) is 14.3 Å². The van der Waals surface area contributed by atoms with Gasteiger partial charge in [-0.1, -0.05) is 42.8 Å². The van der Waals surface area contributed by atoms with Gasteiger partial charge in [0.05, 0.1) is 34.3 Å². The maximum atomic E-state index is 13.3. The van der Waals surface area contributed by atoms with Crippen molar-refractivity contribution >= 4 is 51.8 Å². The van der Waals surface area contributed by atoms with Crippen molar-refractivity contribution in [2.75, 3.05) is 11.5 Å². The number of pyridine rings is 1. The third kappa shape index (κ3) is 5.45. The smallest absolute Gasteiger partial charge is 0.339 e. The fraction of sp³-hybridized carbons (Fsp3) is 0.286. The molecule has 7 nitrogen and oxygen atoms in total. The number of rotatable bonds is 6. The first-order valence-electron chi connectivity index (χ1n) is 14.5. The number of benzene rings is 3. The lowest BCUT2D eigenvalue weighted by Crippen LogP contribution is -2.30. The van der Waals surface area contributed by atoms with Crippen LogP contribution < -0.4 is 4.90 Å². The van der Waals surface area contributed by atoms with Gasteiger partial charge in [-0.05, 0) is 92.6 Å². The predicted molar refractivity (Wildman–Crippen MR) is 165 cm³/mol. The van der Waals surface area contributed by atoms with Crippen molar-refractivity contribution in [3.8, 4) is 11.3 Å². The lowest BCUT2D eigenvalue weighted by atomic mass is 9.76.